The molecule has 2 nitrogen and oxygen atoms in total. The Morgan fingerprint density at radius 3 is 2.42 bits per heavy atom. The molecule has 1 aromatic rings. The van der Waals surface area contributed by atoms with Gasteiger partial charge in [-0.3, -0.25) is 5.84 Å². The second-order valence-corrected chi connectivity index (χ2v) is 2.27. The van der Waals surface area contributed by atoms with Crippen LogP contribution in [0.4, 0.5) is 14.5 Å². The highest BCUT2D eigenvalue weighted by Gasteiger charge is 2.06. The Bertz CT molecular complexity index is 280. The zero-order valence-electron chi connectivity index (χ0n) is 5.77. The fourth-order valence-corrected chi connectivity index (χ4v) is 0.825. The van der Waals surface area contributed by atoms with Crippen LogP contribution in [0.1, 0.15) is 0 Å². The molecule has 0 heterocycles. The van der Waals surface area contributed by atoms with E-state index in [0.717, 1.165) is 6.07 Å². The minimum absolute atomic E-state index is 0. The van der Waals surface area contributed by atoms with Crippen molar-refractivity contribution in [3.05, 3.63) is 28.8 Å². The minimum atomic E-state index is -0.834. The number of anilines is 1. The lowest BCUT2D eigenvalue weighted by Crippen LogP contribution is -2.08. The van der Waals surface area contributed by atoms with Crippen LogP contribution in [0.3, 0.4) is 0 Å². The largest absolute Gasteiger partial charge is 0.323 e. The molecule has 0 aromatic heterocycles. The molecule has 0 amide bonds. The Hall–Kier alpha value is -0.580. The first-order valence-electron chi connectivity index (χ1n) is 2.76. The summed E-state index contributed by atoms with van der Waals surface area (Å²) >= 11 is 5.38. The summed E-state index contributed by atoms with van der Waals surface area (Å²) in [6.45, 7) is 0. The molecule has 0 aliphatic carbocycles. The average molecular weight is 215 g/mol. The van der Waals surface area contributed by atoms with Crippen molar-refractivity contribution < 1.29 is 8.78 Å². The normalized spacial score (nSPS) is 9.00. The van der Waals surface area contributed by atoms with Gasteiger partial charge in [0.1, 0.15) is 16.7 Å². The first-order chi connectivity index (χ1) is 5.15. The van der Waals surface area contributed by atoms with Crippen molar-refractivity contribution in [3.8, 4) is 0 Å². The summed E-state index contributed by atoms with van der Waals surface area (Å²) in [6, 6.07) is 1.69. The predicted molar refractivity (Wildman–Crippen MR) is 46.4 cm³/mol. The molecule has 0 atom stereocenters. The van der Waals surface area contributed by atoms with Crippen LogP contribution in [0.25, 0.3) is 0 Å². The molecule has 12 heavy (non-hydrogen) atoms. The number of hydrogen-bond acceptors (Lipinski definition) is 2. The number of benzene rings is 1. The maximum absolute atomic E-state index is 12.6. The van der Waals surface area contributed by atoms with Gasteiger partial charge in [0, 0.05) is 12.1 Å². The maximum Gasteiger partial charge on any atom is 0.146 e. The second-order valence-electron chi connectivity index (χ2n) is 1.89. The quantitative estimate of drug-likeness (QED) is 0.428. The molecule has 0 saturated carbocycles. The van der Waals surface area contributed by atoms with Gasteiger partial charge in [-0.1, -0.05) is 11.6 Å². The van der Waals surface area contributed by atoms with Gasteiger partial charge in [-0.15, -0.1) is 12.4 Å². The first kappa shape index (κ1) is 11.4. The second kappa shape index (κ2) is 4.45. The third-order valence-electron chi connectivity index (χ3n) is 1.15. The molecule has 6 heteroatoms. The molecule has 0 aliphatic rings. The zero-order chi connectivity index (χ0) is 8.43. The van der Waals surface area contributed by atoms with Crippen molar-refractivity contribution >= 4 is 29.7 Å². The molecular formula is C6H6Cl2F2N2. The molecule has 1 aromatic carbocycles. The van der Waals surface area contributed by atoms with E-state index in [4.69, 9.17) is 17.4 Å². The monoisotopic (exact) mass is 214 g/mol. The number of nitrogens with one attached hydrogen (secondary N) is 1. The van der Waals surface area contributed by atoms with Crippen molar-refractivity contribution in [2.24, 2.45) is 5.84 Å². The summed E-state index contributed by atoms with van der Waals surface area (Å²) < 4.78 is 25.0. The molecule has 0 fully saturated rings. The summed E-state index contributed by atoms with van der Waals surface area (Å²) in [5.74, 6) is 3.36. The van der Waals surface area contributed by atoms with E-state index in [9.17, 15) is 8.78 Å². The van der Waals surface area contributed by atoms with Crippen LogP contribution < -0.4 is 11.3 Å². The van der Waals surface area contributed by atoms with Gasteiger partial charge < -0.3 is 5.43 Å². The average Bonchev–Trinajstić information content (AvgIpc) is 1.96. The van der Waals surface area contributed by atoms with Gasteiger partial charge >= 0.3 is 0 Å². The molecule has 1 rings (SSSR count). The Morgan fingerprint density at radius 2 is 1.92 bits per heavy atom. The van der Waals surface area contributed by atoms with E-state index in [2.05, 4.69) is 5.43 Å². The van der Waals surface area contributed by atoms with Crippen LogP contribution in [-0.4, -0.2) is 0 Å². The number of nitrogen functional groups attached to an aromatic ring is 1. The van der Waals surface area contributed by atoms with E-state index in [1.807, 2.05) is 0 Å². The van der Waals surface area contributed by atoms with Crippen LogP contribution in [-0.2, 0) is 0 Å². The Labute approximate surface area is 79.1 Å². The van der Waals surface area contributed by atoms with Crippen molar-refractivity contribution in [1.82, 2.24) is 0 Å². The number of halogens is 4. The summed E-state index contributed by atoms with van der Waals surface area (Å²) in [6.07, 6.45) is 0. The molecule has 0 aliphatic heterocycles. The van der Waals surface area contributed by atoms with E-state index in [0.29, 0.717) is 6.07 Å². The van der Waals surface area contributed by atoms with Crippen LogP contribution >= 0.6 is 24.0 Å². The van der Waals surface area contributed by atoms with E-state index in [1.165, 1.54) is 0 Å². The van der Waals surface area contributed by atoms with Gasteiger partial charge in [-0.2, -0.15) is 0 Å². The maximum atomic E-state index is 12.6. The minimum Gasteiger partial charge on any atom is -0.323 e. The van der Waals surface area contributed by atoms with Crippen LogP contribution in [0.15, 0.2) is 12.1 Å². The van der Waals surface area contributed by atoms with Gasteiger partial charge in [-0.05, 0) is 0 Å². The van der Waals surface area contributed by atoms with Gasteiger partial charge in [-0.25, -0.2) is 8.78 Å². The fraction of sp³-hybridized carbons (Fsp3) is 0. The van der Waals surface area contributed by atoms with Crippen molar-refractivity contribution in [2.45, 2.75) is 0 Å². The summed E-state index contributed by atoms with van der Waals surface area (Å²) in [7, 11) is 0. The van der Waals surface area contributed by atoms with Crippen molar-refractivity contribution in [1.29, 1.82) is 0 Å². The van der Waals surface area contributed by atoms with Crippen LogP contribution in [0.5, 0.6) is 0 Å². The molecule has 0 radical (unpaired) electrons. The van der Waals surface area contributed by atoms with Gasteiger partial charge in [0.05, 0.1) is 5.69 Å². The van der Waals surface area contributed by atoms with Crippen LogP contribution in [0.2, 0.25) is 5.02 Å². The molecule has 3 N–H and O–H groups in total. The third-order valence-corrected chi connectivity index (χ3v) is 1.53. The SMILES string of the molecule is Cl.NNc1cc(F)cc(F)c1Cl. The highest BCUT2D eigenvalue weighted by atomic mass is 35.5. The lowest BCUT2D eigenvalue weighted by Gasteiger charge is -2.02. The van der Waals surface area contributed by atoms with Gasteiger partial charge in [0.2, 0.25) is 0 Å². The molecule has 68 valence electrons. The Balaban J connectivity index is 0.00000121. The number of hydrogen-bond donors (Lipinski definition) is 2. The standard InChI is InChI=1S/C6H5ClF2N2.ClH/c7-6-4(9)1-3(8)2-5(6)11-10;/h1-2,11H,10H2;1H. The van der Waals surface area contributed by atoms with Crippen molar-refractivity contribution in [2.75, 3.05) is 5.43 Å². The summed E-state index contributed by atoms with van der Waals surface area (Å²) in [5, 5.41) is -0.214. The van der Waals surface area contributed by atoms with Gasteiger partial charge in [0.15, 0.2) is 0 Å². The Kier molecular flexibility index (Phi) is 4.23. The van der Waals surface area contributed by atoms with Gasteiger partial charge in [0.25, 0.3) is 0 Å². The molecule has 0 saturated heterocycles. The van der Waals surface area contributed by atoms with Crippen LogP contribution in [0, 0.1) is 11.6 Å². The van der Waals surface area contributed by atoms with E-state index in [-0.39, 0.29) is 23.1 Å². The third kappa shape index (κ3) is 2.20. The van der Waals surface area contributed by atoms with E-state index >= 15 is 0 Å². The first-order valence-corrected chi connectivity index (χ1v) is 3.14. The Morgan fingerprint density at radius 1 is 1.33 bits per heavy atom. The molecule has 0 unspecified atom stereocenters. The predicted octanol–water partition coefficient (Wildman–Crippen LogP) is 2.33. The van der Waals surface area contributed by atoms with Crippen molar-refractivity contribution in [3.63, 3.8) is 0 Å². The smallest absolute Gasteiger partial charge is 0.146 e. The number of hydrazine groups is 1. The van der Waals surface area contributed by atoms with E-state index in [1.54, 1.807) is 0 Å². The topological polar surface area (TPSA) is 38.0 Å². The van der Waals surface area contributed by atoms with E-state index < -0.39 is 11.6 Å². The lowest BCUT2D eigenvalue weighted by molar-refractivity contribution is 0.584. The highest BCUT2D eigenvalue weighted by molar-refractivity contribution is 6.33. The summed E-state index contributed by atoms with van der Waals surface area (Å²) in [5.41, 5.74) is 2.10. The lowest BCUT2D eigenvalue weighted by atomic mass is 10.3. The molecular weight excluding hydrogens is 209 g/mol. The molecule has 0 bridgehead atoms. The summed E-state index contributed by atoms with van der Waals surface area (Å²) in [4.78, 5) is 0. The number of nitrogens with two attached hydrogens (primary N) is 1. The zero-order valence-corrected chi connectivity index (χ0v) is 7.35. The fourth-order valence-electron chi connectivity index (χ4n) is 0.661. The molecule has 0 spiro atoms. The highest BCUT2D eigenvalue weighted by Crippen LogP contribution is 2.24. The number of rotatable bonds is 1.